The predicted octanol–water partition coefficient (Wildman–Crippen LogP) is 4.88. The van der Waals surface area contributed by atoms with Crippen molar-refractivity contribution in [3.63, 3.8) is 0 Å². The third kappa shape index (κ3) is 6.72. The fourth-order valence-electron chi connectivity index (χ4n) is 3.59. The quantitative estimate of drug-likeness (QED) is 0.547. The Labute approximate surface area is 194 Å². The van der Waals surface area contributed by atoms with Gasteiger partial charge in [-0.1, -0.05) is 54.3 Å². The Morgan fingerprint density at radius 2 is 1.84 bits per heavy atom. The average Bonchev–Trinajstić information content (AvgIpc) is 3.04. The minimum atomic E-state index is -3.63. The molecule has 1 saturated heterocycles. The van der Waals surface area contributed by atoms with E-state index in [0.717, 1.165) is 37.2 Å². The molecule has 1 amide bonds. The van der Waals surface area contributed by atoms with Crippen LogP contribution in [0.5, 0.6) is 0 Å². The Balaban J connectivity index is 1.58. The highest BCUT2D eigenvalue weighted by atomic mass is 35.5. The van der Waals surface area contributed by atoms with Crippen molar-refractivity contribution < 1.29 is 13.2 Å². The van der Waals surface area contributed by atoms with Gasteiger partial charge in [0.2, 0.25) is 10.0 Å². The Morgan fingerprint density at radius 3 is 2.55 bits per heavy atom. The first-order valence-corrected chi connectivity index (χ1v) is 13.6. The summed E-state index contributed by atoms with van der Waals surface area (Å²) in [6, 6.07) is 12.7. The summed E-state index contributed by atoms with van der Waals surface area (Å²) >= 11 is 7.95. The van der Waals surface area contributed by atoms with E-state index in [9.17, 15) is 13.2 Å². The molecule has 1 aliphatic heterocycles. The lowest BCUT2D eigenvalue weighted by Crippen LogP contribution is -2.32. The molecule has 168 valence electrons. The number of benzene rings is 2. The molecule has 0 radical (unpaired) electrons. The molecular weight excluding hydrogens is 452 g/mol. The summed E-state index contributed by atoms with van der Waals surface area (Å²) in [6.45, 7) is 3.59. The van der Waals surface area contributed by atoms with Gasteiger partial charge in [0.1, 0.15) is 0 Å². The summed E-state index contributed by atoms with van der Waals surface area (Å²) in [5.41, 5.74) is 2.68. The van der Waals surface area contributed by atoms with E-state index >= 15 is 0 Å². The number of rotatable bonds is 8. The maximum Gasteiger partial charge on any atom is 0.252 e. The van der Waals surface area contributed by atoms with Gasteiger partial charge in [0.05, 0.1) is 15.5 Å². The lowest BCUT2D eigenvalue weighted by atomic mass is 10.2. The van der Waals surface area contributed by atoms with Gasteiger partial charge in [-0.3, -0.25) is 4.79 Å². The van der Waals surface area contributed by atoms with Gasteiger partial charge in [0.15, 0.2) is 0 Å². The zero-order valence-corrected chi connectivity index (χ0v) is 20.2. The Bertz CT molecular complexity index is 1000. The zero-order chi connectivity index (χ0) is 22.3. The highest BCUT2D eigenvalue weighted by Crippen LogP contribution is 2.25. The molecule has 0 aliphatic carbocycles. The van der Waals surface area contributed by atoms with E-state index in [0.29, 0.717) is 19.6 Å². The number of sulfonamides is 1. The zero-order valence-electron chi connectivity index (χ0n) is 17.8. The van der Waals surface area contributed by atoms with Crippen LogP contribution in [0.25, 0.3) is 0 Å². The Hall–Kier alpha value is -1.54. The van der Waals surface area contributed by atoms with Crippen molar-refractivity contribution in [1.29, 1.82) is 0 Å². The number of halogens is 1. The van der Waals surface area contributed by atoms with Crippen LogP contribution in [-0.2, 0) is 15.8 Å². The van der Waals surface area contributed by atoms with Crippen molar-refractivity contribution in [2.75, 3.05) is 25.4 Å². The number of carbonyl (C=O) groups excluding carboxylic acids is 1. The van der Waals surface area contributed by atoms with Gasteiger partial charge in [0, 0.05) is 31.1 Å². The molecule has 0 spiro atoms. The summed E-state index contributed by atoms with van der Waals surface area (Å²) in [4.78, 5) is 12.8. The highest BCUT2D eigenvalue weighted by Gasteiger charge is 2.26. The van der Waals surface area contributed by atoms with Gasteiger partial charge in [-0.15, -0.1) is 0 Å². The number of aryl methyl sites for hydroxylation is 1. The molecule has 31 heavy (non-hydrogen) atoms. The van der Waals surface area contributed by atoms with Gasteiger partial charge < -0.3 is 5.32 Å². The minimum Gasteiger partial charge on any atom is -0.351 e. The number of carbonyl (C=O) groups is 1. The van der Waals surface area contributed by atoms with Crippen molar-refractivity contribution in [1.82, 2.24) is 9.62 Å². The normalized spacial score (nSPS) is 15.4. The number of nitrogens with zero attached hydrogens (tertiary/aromatic N) is 1. The van der Waals surface area contributed by atoms with Crippen LogP contribution in [0.1, 0.15) is 47.2 Å². The van der Waals surface area contributed by atoms with Gasteiger partial charge in [-0.25, -0.2) is 8.42 Å². The van der Waals surface area contributed by atoms with E-state index in [-0.39, 0.29) is 21.4 Å². The van der Waals surface area contributed by atoms with Crippen LogP contribution in [-0.4, -0.2) is 44.0 Å². The number of hydrogen-bond acceptors (Lipinski definition) is 4. The van der Waals surface area contributed by atoms with E-state index in [1.54, 1.807) is 11.8 Å². The summed E-state index contributed by atoms with van der Waals surface area (Å²) in [5.74, 6) is 1.28. The van der Waals surface area contributed by atoms with Gasteiger partial charge in [-0.2, -0.15) is 16.1 Å². The first-order chi connectivity index (χ1) is 14.9. The standard InChI is InChI=1S/C23H29ClN2O3S2/c1-18-7-6-8-19(15-18)17-30-14-11-25-23(27)21-16-20(9-10-22(21)24)31(28,29)26-12-4-2-3-5-13-26/h6-10,15-16H,2-5,11-14,17H2,1H3,(H,25,27). The molecule has 1 N–H and O–H groups in total. The Morgan fingerprint density at radius 1 is 1.10 bits per heavy atom. The number of thioether (sulfide) groups is 1. The molecule has 1 heterocycles. The van der Waals surface area contributed by atoms with Crippen molar-refractivity contribution in [2.24, 2.45) is 0 Å². The van der Waals surface area contributed by atoms with E-state index in [1.807, 2.05) is 6.07 Å². The van der Waals surface area contributed by atoms with Crippen LogP contribution in [0.3, 0.4) is 0 Å². The molecule has 2 aromatic rings. The van der Waals surface area contributed by atoms with E-state index < -0.39 is 10.0 Å². The van der Waals surface area contributed by atoms with E-state index in [2.05, 4.69) is 30.4 Å². The molecule has 0 atom stereocenters. The predicted molar refractivity (Wildman–Crippen MR) is 128 cm³/mol. The maximum absolute atomic E-state index is 13.0. The molecular formula is C23H29ClN2O3S2. The molecule has 5 nitrogen and oxygen atoms in total. The SMILES string of the molecule is Cc1cccc(CSCCNC(=O)c2cc(S(=O)(=O)N3CCCCCC3)ccc2Cl)c1. The number of amides is 1. The van der Waals surface area contributed by atoms with Crippen LogP contribution >= 0.6 is 23.4 Å². The molecule has 1 fully saturated rings. The van der Waals surface area contributed by atoms with Crippen LogP contribution in [0.4, 0.5) is 0 Å². The van der Waals surface area contributed by atoms with Gasteiger partial charge in [-0.05, 0) is 43.5 Å². The first kappa shape index (κ1) is 24.1. The highest BCUT2D eigenvalue weighted by molar-refractivity contribution is 7.98. The lowest BCUT2D eigenvalue weighted by molar-refractivity contribution is 0.0956. The summed E-state index contributed by atoms with van der Waals surface area (Å²) in [7, 11) is -3.63. The summed E-state index contributed by atoms with van der Waals surface area (Å²) in [6.07, 6.45) is 3.81. The largest absolute Gasteiger partial charge is 0.351 e. The monoisotopic (exact) mass is 480 g/mol. The van der Waals surface area contributed by atoms with Crippen molar-refractivity contribution in [3.8, 4) is 0 Å². The van der Waals surface area contributed by atoms with Crippen LogP contribution in [0.2, 0.25) is 5.02 Å². The molecule has 0 bridgehead atoms. The first-order valence-electron chi connectivity index (χ1n) is 10.6. The topological polar surface area (TPSA) is 66.5 Å². The molecule has 3 rings (SSSR count). The Kier molecular flexibility index (Phi) is 8.84. The third-order valence-electron chi connectivity index (χ3n) is 5.27. The van der Waals surface area contributed by atoms with Crippen molar-refractivity contribution in [3.05, 3.63) is 64.2 Å². The van der Waals surface area contributed by atoms with Gasteiger partial charge >= 0.3 is 0 Å². The second-order valence-electron chi connectivity index (χ2n) is 7.76. The molecule has 0 unspecified atom stereocenters. The van der Waals surface area contributed by atoms with Crippen LogP contribution in [0.15, 0.2) is 47.4 Å². The maximum atomic E-state index is 13.0. The third-order valence-corrected chi connectivity index (χ3v) is 8.52. The summed E-state index contributed by atoms with van der Waals surface area (Å²) < 4.78 is 27.6. The molecule has 1 aliphatic rings. The second kappa shape index (κ2) is 11.4. The summed E-state index contributed by atoms with van der Waals surface area (Å²) in [5, 5.41) is 3.10. The molecule has 8 heteroatoms. The van der Waals surface area contributed by atoms with Crippen molar-refractivity contribution >= 4 is 39.3 Å². The van der Waals surface area contributed by atoms with E-state index in [1.165, 1.54) is 33.6 Å². The van der Waals surface area contributed by atoms with Gasteiger partial charge in [0.25, 0.3) is 5.91 Å². The lowest BCUT2D eigenvalue weighted by Gasteiger charge is -2.20. The van der Waals surface area contributed by atoms with Crippen LogP contribution in [0, 0.1) is 6.92 Å². The van der Waals surface area contributed by atoms with Crippen LogP contribution < -0.4 is 5.32 Å². The second-order valence-corrected chi connectivity index (χ2v) is 11.2. The minimum absolute atomic E-state index is 0.123. The smallest absolute Gasteiger partial charge is 0.252 e. The van der Waals surface area contributed by atoms with E-state index in [4.69, 9.17) is 11.6 Å². The molecule has 0 aromatic heterocycles. The number of hydrogen-bond donors (Lipinski definition) is 1. The van der Waals surface area contributed by atoms with Crippen molar-refractivity contribution in [2.45, 2.75) is 43.3 Å². The average molecular weight is 481 g/mol. The fourth-order valence-corrected chi connectivity index (χ4v) is 6.15. The molecule has 2 aromatic carbocycles. The molecule has 0 saturated carbocycles. The fraction of sp³-hybridized carbons (Fsp3) is 0.435. The number of nitrogens with one attached hydrogen (secondary N) is 1.